The Morgan fingerprint density at radius 3 is 2.52 bits per heavy atom. The van der Waals surface area contributed by atoms with E-state index in [4.69, 9.17) is 15.6 Å². The molecule has 0 aliphatic heterocycles. The lowest BCUT2D eigenvalue weighted by Crippen LogP contribution is -2.31. The summed E-state index contributed by atoms with van der Waals surface area (Å²) in [6.07, 6.45) is 4.99. The highest BCUT2D eigenvalue weighted by Crippen LogP contribution is 2.22. The quantitative estimate of drug-likeness (QED) is 0.506. The number of aromatic nitrogens is 2. The molecule has 1 aromatic carbocycles. The summed E-state index contributed by atoms with van der Waals surface area (Å²) in [5.41, 5.74) is 2.89. The van der Waals surface area contributed by atoms with Crippen LogP contribution in [0.5, 0.6) is 5.75 Å². The summed E-state index contributed by atoms with van der Waals surface area (Å²) in [4.78, 5) is 8.36. The fraction of sp³-hybridized carbons (Fsp3) is 0.0526. The molecule has 0 saturated heterocycles. The van der Waals surface area contributed by atoms with Crippen LogP contribution < -0.4 is 10.1 Å². The zero-order valence-electron chi connectivity index (χ0n) is 13.7. The van der Waals surface area contributed by atoms with Crippen LogP contribution in [-0.2, 0) is 0 Å². The van der Waals surface area contributed by atoms with Crippen LogP contribution in [-0.4, -0.2) is 28.7 Å². The summed E-state index contributed by atoms with van der Waals surface area (Å²) >= 11 is 0. The Bertz CT molecular complexity index is 908. The molecule has 3 aromatic rings. The molecule has 0 aliphatic rings. The average Bonchev–Trinajstić information content (AvgIpc) is 2.68. The van der Waals surface area contributed by atoms with Crippen LogP contribution in [0.15, 0.2) is 67.1 Å². The van der Waals surface area contributed by atoms with Gasteiger partial charge in [0.1, 0.15) is 23.1 Å². The molecule has 0 unspecified atom stereocenters. The van der Waals surface area contributed by atoms with Crippen LogP contribution in [0.4, 0.5) is 0 Å². The van der Waals surface area contributed by atoms with E-state index in [0.29, 0.717) is 17.0 Å². The fourth-order valence-electron chi connectivity index (χ4n) is 2.30. The molecule has 0 fully saturated rings. The van der Waals surface area contributed by atoms with Crippen LogP contribution in [0.1, 0.15) is 11.3 Å². The van der Waals surface area contributed by atoms with E-state index in [9.17, 15) is 0 Å². The third-order valence-electron chi connectivity index (χ3n) is 3.61. The van der Waals surface area contributed by atoms with E-state index in [1.807, 2.05) is 42.5 Å². The van der Waals surface area contributed by atoms with Crippen LogP contribution in [0.2, 0.25) is 0 Å². The number of amidine groups is 2. The van der Waals surface area contributed by atoms with E-state index in [1.54, 1.807) is 31.8 Å². The molecular formula is C19H17N5O. The smallest absolute Gasteiger partial charge is 0.150 e. The van der Waals surface area contributed by atoms with Gasteiger partial charge in [0.2, 0.25) is 0 Å². The maximum atomic E-state index is 8.19. The van der Waals surface area contributed by atoms with Gasteiger partial charge in [-0.3, -0.25) is 20.8 Å². The molecule has 6 nitrogen and oxygen atoms in total. The van der Waals surface area contributed by atoms with Crippen LogP contribution in [0, 0.1) is 10.8 Å². The van der Waals surface area contributed by atoms with E-state index in [-0.39, 0.29) is 11.7 Å². The highest BCUT2D eigenvalue weighted by atomic mass is 16.5. The average molecular weight is 331 g/mol. The predicted octanol–water partition coefficient (Wildman–Crippen LogP) is 3.09. The Kier molecular flexibility index (Phi) is 4.80. The molecule has 0 atom stereocenters. The molecule has 2 aromatic heterocycles. The van der Waals surface area contributed by atoms with E-state index in [2.05, 4.69) is 15.3 Å². The van der Waals surface area contributed by atoms with Crippen molar-refractivity contribution in [3.8, 4) is 16.9 Å². The van der Waals surface area contributed by atoms with E-state index < -0.39 is 0 Å². The van der Waals surface area contributed by atoms with E-state index in [0.717, 1.165) is 11.1 Å². The highest BCUT2D eigenvalue weighted by molar-refractivity contribution is 6.11. The number of nitrogens with zero attached hydrogens (tertiary/aromatic N) is 2. The van der Waals surface area contributed by atoms with Crippen LogP contribution in [0.25, 0.3) is 11.1 Å². The summed E-state index contributed by atoms with van der Waals surface area (Å²) in [6, 6.07) is 14.7. The minimum atomic E-state index is 0.0616. The highest BCUT2D eigenvalue weighted by Gasteiger charge is 2.09. The van der Waals surface area contributed by atoms with E-state index in [1.165, 1.54) is 0 Å². The second kappa shape index (κ2) is 7.35. The lowest BCUT2D eigenvalue weighted by atomic mass is 10.1. The second-order valence-corrected chi connectivity index (χ2v) is 5.28. The molecule has 25 heavy (non-hydrogen) atoms. The van der Waals surface area contributed by atoms with Gasteiger partial charge in [-0.2, -0.15) is 0 Å². The normalized spacial score (nSPS) is 10.1. The molecule has 0 aliphatic carbocycles. The Labute approximate surface area is 145 Å². The van der Waals surface area contributed by atoms with Crippen molar-refractivity contribution in [3.05, 3.63) is 78.4 Å². The molecule has 6 heteroatoms. The van der Waals surface area contributed by atoms with Gasteiger partial charge < -0.3 is 10.1 Å². The summed E-state index contributed by atoms with van der Waals surface area (Å²) in [6.45, 7) is 0. The van der Waals surface area contributed by atoms with Crippen molar-refractivity contribution >= 4 is 11.7 Å². The van der Waals surface area contributed by atoms with Crippen LogP contribution in [0.3, 0.4) is 0 Å². The Balaban J connectivity index is 1.81. The summed E-state index contributed by atoms with van der Waals surface area (Å²) in [5, 5.41) is 19.0. The van der Waals surface area contributed by atoms with Crippen molar-refractivity contribution in [1.82, 2.24) is 15.3 Å². The number of hydrogen-bond acceptors (Lipinski definition) is 5. The molecule has 0 spiro atoms. The molecule has 2 heterocycles. The van der Waals surface area contributed by atoms with E-state index >= 15 is 0 Å². The summed E-state index contributed by atoms with van der Waals surface area (Å²) in [7, 11) is 1.59. The van der Waals surface area contributed by atoms with Crippen molar-refractivity contribution < 1.29 is 4.74 Å². The first-order chi connectivity index (χ1) is 12.2. The van der Waals surface area contributed by atoms with Gasteiger partial charge in [0, 0.05) is 23.5 Å². The Hall–Kier alpha value is -3.54. The number of rotatable bonds is 4. The molecule has 0 saturated carbocycles. The number of nitrogens with one attached hydrogen (secondary N) is 3. The third kappa shape index (κ3) is 3.87. The zero-order chi connectivity index (χ0) is 17.6. The number of methoxy groups -OCH3 is 1. The molecule has 3 N–H and O–H groups in total. The van der Waals surface area contributed by atoms with Crippen molar-refractivity contribution in [2.45, 2.75) is 0 Å². The Morgan fingerprint density at radius 1 is 0.960 bits per heavy atom. The Morgan fingerprint density at radius 2 is 1.76 bits per heavy atom. The van der Waals surface area contributed by atoms with Crippen molar-refractivity contribution in [2.24, 2.45) is 0 Å². The van der Waals surface area contributed by atoms with Gasteiger partial charge in [-0.15, -0.1) is 0 Å². The standard InChI is InChI=1S/C19H17N5O/c1-25-16-9-15(11-22-12-16)14-7-8-23-17(10-14)19(21)24-18(20)13-5-3-2-4-6-13/h2-12H,1H3,(H3,20,21,24). The zero-order valence-corrected chi connectivity index (χ0v) is 13.7. The number of ether oxygens (including phenoxy) is 1. The first-order valence-electron chi connectivity index (χ1n) is 7.63. The maximum absolute atomic E-state index is 8.19. The number of hydrogen-bond donors (Lipinski definition) is 3. The maximum Gasteiger partial charge on any atom is 0.150 e. The van der Waals surface area contributed by atoms with Gasteiger partial charge >= 0.3 is 0 Å². The van der Waals surface area contributed by atoms with Crippen molar-refractivity contribution in [2.75, 3.05) is 7.11 Å². The molecule has 0 amide bonds. The monoisotopic (exact) mass is 331 g/mol. The van der Waals surface area contributed by atoms with Gasteiger partial charge in [0.25, 0.3) is 0 Å². The molecule has 0 radical (unpaired) electrons. The topological polar surface area (TPSA) is 94.7 Å². The second-order valence-electron chi connectivity index (χ2n) is 5.28. The minimum absolute atomic E-state index is 0.0616. The number of benzene rings is 1. The molecule has 3 rings (SSSR count). The first-order valence-corrected chi connectivity index (χ1v) is 7.63. The lowest BCUT2D eigenvalue weighted by molar-refractivity contribution is 0.413. The lowest BCUT2D eigenvalue weighted by Gasteiger charge is -2.10. The predicted molar refractivity (Wildman–Crippen MR) is 97.3 cm³/mol. The summed E-state index contributed by atoms with van der Waals surface area (Å²) in [5.74, 6) is 0.877. The molecule has 124 valence electrons. The largest absolute Gasteiger partial charge is 0.495 e. The minimum Gasteiger partial charge on any atom is -0.495 e. The first kappa shape index (κ1) is 16.3. The van der Waals surface area contributed by atoms with Gasteiger partial charge in [0.05, 0.1) is 13.3 Å². The van der Waals surface area contributed by atoms with Gasteiger partial charge in [-0.25, -0.2) is 0 Å². The van der Waals surface area contributed by atoms with Gasteiger partial charge in [-0.1, -0.05) is 30.3 Å². The van der Waals surface area contributed by atoms with Crippen molar-refractivity contribution in [1.29, 1.82) is 10.8 Å². The number of pyridine rings is 2. The summed E-state index contributed by atoms with van der Waals surface area (Å²) < 4.78 is 5.19. The van der Waals surface area contributed by atoms with Crippen molar-refractivity contribution in [3.63, 3.8) is 0 Å². The van der Waals surface area contributed by atoms with Gasteiger partial charge in [-0.05, 0) is 23.8 Å². The van der Waals surface area contributed by atoms with Crippen LogP contribution >= 0.6 is 0 Å². The molecule has 0 bridgehead atoms. The SMILES string of the molecule is COc1cncc(-c2ccnc(C(=N)NC(=N)c3ccccc3)c2)c1. The molecular weight excluding hydrogens is 314 g/mol. The van der Waals surface area contributed by atoms with Gasteiger partial charge in [0.15, 0.2) is 0 Å². The fourth-order valence-corrected chi connectivity index (χ4v) is 2.30. The third-order valence-corrected chi connectivity index (χ3v) is 3.61.